The SMILES string of the molecule is CC(CCO)CNC(=O)Nc1ccc(SC(C)(C)C)cc1. The van der Waals surface area contributed by atoms with Crippen molar-refractivity contribution in [1.29, 1.82) is 0 Å². The van der Waals surface area contributed by atoms with Gasteiger partial charge in [0, 0.05) is 28.5 Å². The summed E-state index contributed by atoms with van der Waals surface area (Å²) < 4.78 is 0.176. The first-order chi connectivity index (χ1) is 9.80. The number of hydrogen-bond donors (Lipinski definition) is 3. The van der Waals surface area contributed by atoms with Crippen LogP contribution in [-0.2, 0) is 0 Å². The van der Waals surface area contributed by atoms with Gasteiger partial charge in [-0.1, -0.05) is 27.7 Å². The smallest absolute Gasteiger partial charge is 0.319 e. The monoisotopic (exact) mass is 310 g/mol. The van der Waals surface area contributed by atoms with E-state index in [0.717, 1.165) is 5.69 Å². The van der Waals surface area contributed by atoms with Gasteiger partial charge in [-0.05, 0) is 36.6 Å². The Morgan fingerprint density at radius 3 is 2.43 bits per heavy atom. The van der Waals surface area contributed by atoms with Crippen molar-refractivity contribution in [3.63, 3.8) is 0 Å². The highest BCUT2D eigenvalue weighted by Gasteiger charge is 2.12. The molecule has 0 bridgehead atoms. The standard InChI is InChI=1S/C16H26N2O2S/c1-12(9-10-19)11-17-15(20)18-13-5-7-14(8-6-13)21-16(2,3)4/h5-8,12,19H,9-11H2,1-4H3,(H2,17,18,20). The number of amides is 2. The van der Waals surface area contributed by atoms with Gasteiger partial charge in [0.25, 0.3) is 0 Å². The lowest BCUT2D eigenvalue weighted by molar-refractivity contribution is 0.243. The van der Waals surface area contributed by atoms with Crippen molar-refractivity contribution in [1.82, 2.24) is 5.32 Å². The minimum absolute atomic E-state index is 0.150. The first-order valence-electron chi connectivity index (χ1n) is 7.25. The highest BCUT2D eigenvalue weighted by Crippen LogP contribution is 2.32. The number of rotatable bonds is 6. The fourth-order valence-electron chi connectivity index (χ4n) is 1.72. The third kappa shape index (κ3) is 7.97. The van der Waals surface area contributed by atoms with Gasteiger partial charge in [0.1, 0.15) is 0 Å². The molecule has 0 radical (unpaired) electrons. The van der Waals surface area contributed by atoms with Crippen LogP contribution in [-0.4, -0.2) is 29.0 Å². The zero-order chi connectivity index (χ0) is 15.9. The zero-order valence-electron chi connectivity index (χ0n) is 13.3. The van der Waals surface area contributed by atoms with Crippen molar-refractivity contribution in [3.8, 4) is 0 Å². The molecule has 2 amide bonds. The molecule has 5 heteroatoms. The number of thioether (sulfide) groups is 1. The van der Waals surface area contributed by atoms with Crippen molar-refractivity contribution in [3.05, 3.63) is 24.3 Å². The van der Waals surface area contributed by atoms with Gasteiger partial charge < -0.3 is 15.7 Å². The Morgan fingerprint density at radius 1 is 1.29 bits per heavy atom. The average Bonchev–Trinajstić information content (AvgIpc) is 2.37. The van der Waals surface area contributed by atoms with E-state index >= 15 is 0 Å². The second-order valence-electron chi connectivity index (χ2n) is 6.19. The van der Waals surface area contributed by atoms with Crippen LogP contribution in [0.2, 0.25) is 0 Å². The zero-order valence-corrected chi connectivity index (χ0v) is 14.1. The molecule has 0 aromatic heterocycles. The maximum absolute atomic E-state index is 11.7. The lowest BCUT2D eigenvalue weighted by Gasteiger charge is -2.17. The van der Waals surface area contributed by atoms with E-state index in [4.69, 9.17) is 5.11 Å². The Balaban J connectivity index is 2.43. The summed E-state index contributed by atoms with van der Waals surface area (Å²) in [5.74, 6) is 0.270. The molecule has 0 fully saturated rings. The van der Waals surface area contributed by atoms with E-state index in [-0.39, 0.29) is 23.3 Å². The molecule has 1 aromatic rings. The lowest BCUT2D eigenvalue weighted by atomic mass is 10.1. The number of aliphatic hydroxyl groups excluding tert-OH is 1. The lowest BCUT2D eigenvalue weighted by Crippen LogP contribution is -2.32. The van der Waals surface area contributed by atoms with Crippen LogP contribution in [0.5, 0.6) is 0 Å². The maximum Gasteiger partial charge on any atom is 0.319 e. The van der Waals surface area contributed by atoms with Gasteiger partial charge in [-0.3, -0.25) is 0 Å². The maximum atomic E-state index is 11.7. The number of carbonyl (C=O) groups excluding carboxylic acids is 1. The molecular weight excluding hydrogens is 284 g/mol. The number of aliphatic hydroxyl groups is 1. The van der Waals surface area contributed by atoms with E-state index in [9.17, 15) is 4.79 Å². The molecule has 0 aliphatic carbocycles. The topological polar surface area (TPSA) is 61.4 Å². The van der Waals surface area contributed by atoms with E-state index < -0.39 is 0 Å². The summed E-state index contributed by atoms with van der Waals surface area (Å²) in [6.07, 6.45) is 0.693. The van der Waals surface area contributed by atoms with Gasteiger partial charge in [-0.15, -0.1) is 11.8 Å². The minimum atomic E-state index is -0.212. The van der Waals surface area contributed by atoms with Crippen LogP contribution in [0, 0.1) is 5.92 Å². The third-order valence-electron chi connectivity index (χ3n) is 2.77. The minimum Gasteiger partial charge on any atom is -0.396 e. The summed E-state index contributed by atoms with van der Waals surface area (Å²) in [4.78, 5) is 12.9. The Kier molecular flexibility index (Phi) is 7.05. The summed E-state index contributed by atoms with van der Waals surface area (Å²) in [7, 11) is 0. The molecule has 21 heavy (non-hydrogen) atoms. The number of nitrogens with one attached hydrogen (secondary N) is 2. The van der Waals surface area contributed by atoms with Gasteiger partial charge in [-0.25, -0.2) is 4.79 Å². The van der Waals surface area contributed by atoms with Crippen molar-refractivity contribution in [2.45, 2.75) is 43.8 Å². The predicted octanol–water partition coefficient (Wildman–Crippen LogP) is 3.72. The highest BCUT2D eigenvalue weighted by molar-refractivity contribution is 8.00. The third-order valence-corrected chi connectivity index (χ3v) is 3.89. The van der Waals surface area contributed by atoms with E-state index in [1.807, 2.05) is 31.2 Å². The molecule has 118 valence electrons. The molecule has 0 saturated carbocycles. The molecule has 3 N–H and O–H groups in total. The first-order valence-corrected chi connectivity index (χ1v) is 8.06. The van der Waals surface area contributed by atoms with Crippen molar-refractivity contribution >= 4 is 23.5 Å². The van der Waals surface area contributed by atoms with Crippen LogP contribution in [0.4, 0.5) is 10.5 Å². The van der Waals surface area contributed by atoms with Gasteiger partial charge in [0.15, 0.2) is 0 Å². The number of anilines is 1. The quantitative estimate of drug-likeness (QED) is 0.702. The van der Waals surface area contributed by atoms with Gasteiger partial charge in [-0.2, -0.15) is 0 Å². The summed E-state index contributed by atoms with van der Waals surface area (Å²) in [6, 6.07) is 7.63. The molecule has 1 atom stereocenters. The van der Waals surface area contributed by atoms with Crippen LogP contribution >= 0.6 is 11.8 Å². The number of carbonyl (C=O) groups is 1. The molecule has 1 aromatic carbocycles. The number of hydrogen-bond acceptors (Lipinski definition) is 3. The highest BCUT2D eigenvalue weighted by atomic mass is 32.2. The van der Waals surface area contributed by atoms with Crippen LogP contribution in [0.1, 0.15) is 34.1 Å². The van der Waals surface area contributed by atoms with Crippen LogP contribution in [0.3, 0.4) is 0 Å². The molecule has 0 heterocycles. The Hall–Kier alpha value is -1.20. The Morgan fingerprint density at radius 2 is 1.90 bits per heavy atom. The predicted molar refractivity (Wildman–Crippen MR) is 89.9 cm³/mol. The van der Waals surface area contributed by atoms with E-state index in [0.29, 0.717) is 13.0 Å². The molecule has 0 aliphatic heterocycles. The molecule has 0 saturated heterocycles. The van der Waals surface area contributed by atoms with Crippen LogP contribution < -0.4 is 10.6 Å². The molecule has 1 rings (SSSR count). The normalized spacial score (nSPS) is 12.8. The summed E-state index contributed by atoms with van der Waals surface area (Å²) >= 11 is 1.80. The van der Waals surface area contributed by atoms with Crippen molar-refractivity contribution in [2.24, 2.45) is 5.92 Å². The second kappa shape index (κ2) is 8.29. The summed E-state index contributed by atoms with van der Waals surface area (Å²) in [5, 5.41) is 14.4. The fraction of sp³-hybridized carbons (Fsp3) is 0.562. The number of urea groups is 1. The number of benzene rings is 1. The largest absolute Gasteiger partial charge is 0.396 e. The summed E-state index contributed by atoms with van der Waals surface area (Å²) in [5.41, 5.74) is 0.778. The van der Waals surface area contributed by atoms with Gasteiger partial charge >= 0.3 is 6.03 Å². The van der Waals surface area contributed by atoms with Crippen molar-refractivity contribution in [2.75, 3.05) is 18.5 Å². The first kappa shape index (κ1) is 17.9. The van der Waals surface area contributed by atoms with Gasteiger partial charge in [0.05, 0.1) is 0 Å². The Bertz CT molecular complexity index is 441. The molecular formula is C16H26N2O2S. The van der Waals surface area contributed by atoms with E-state index in [1.54, 1.807) is 11.8 Å². The van der Waals surface area contributed by atoms with E-state index in [1.165, 1.54) is 4.90 Å². The molecule has 0 aliphatic rings. The summed E-state index contributed by atoms with van der Waals surface area (Å²) in [6.45, 7) is 9.22. The van der Waals surface area contributed by atoms with Crippen LogP contribution in [0.25, 0.3) is 0 Å². The molecule has 4 nitrogen and oxygen atoms in total. The molecule has 0 spiro atoms. The molecule has 1 unspecified atom stereocenters. The Labute approximate surface area is 131 Å². The fourth-order valence-corrected chi connectivity index (χ4v) is 2.70. The van der Waals surface area contributed by atoms with Crippen LogP contribution in [0.15, 0.2) is 29.2 Å². The van der Waals surface area contributed by atoms with E-state index in [2.05, 4.69) is 31.4 Å². The van der Waals surface area contributed by atoms with Gasteiger partial charge in [0.2, 0.25) is 0 Å². The second-order valence-corrected chi connectivity index (χ2v) is 8.09. The average molecular weight is 310 g/mol. The van der Waals surface area contributed by atoms with Crippen molar-refractivity contribution < 1.29 is 9.90 Å².